The Labute approximate surface area is 145 Å². The monoisotopic (exact) mass is 346 g/mol. The van der Waals surface area contributed by atoms with E-state index in [0.717, 1.165) is 32.1 Å². The van der Waals surface area contributed by atoms with Crippen LogP contribution in [0.2, 0.25) is 0 Å². The first-order valence-corrected chi connectivity index (χ1v) is 9.19. The van der Waals surface area contributed by atoms with Crippen LogP contribution in [-0.2, 0) is 9.47 Å². The van der Waals surface area contributed by atoms with Crippen molar-refractivity contribution in [2.45, 2.75) is 89.0 Å². The molecule has 1 rings (SSSR count). The zero-order chi connectivity index (χ0) is 17.8. The van der Waals surface area contributed by atoms with E-state index < -0.39 is 37.3 Å². The number of aliphatic hydroxyl groups is 4. The minimum Gasteiger partial charge on any atom is -0.394 e. The van der Waals surface area contributed by atoms with Gasteiger partial charge in [-0.15, -0.1) is 0 Å². The van der Waals surface area contributed by atoms with E-state index in [4.69, 9.17) is 14.6 Å². The fourth-order valence-electron chi connectivity index (χ4n) is 2.76. The largest absolute Gasteiger partial charge is 0.394 e. The van der Waals surface area contributed by atoms with Crippen molar-refractivity contribution in [2.75, 3.05) is 13.2 Å². The molecule has 1 saturated heterocycles. The Morgan fingerprint density at radius 2 is 1.54 bits per heavy atom. The molecular weight excluding hydrogens is 312 g/mol. The Balaban J connectivity index is 2.05. The van der Waals surface area contributed by atoms with Gasteiger partial charge in [0.2, 0.25) is 0 Å². The average molecular weight is 346 g/mol. The summed E-state index contributed by atoms with van der Waals surface area (Å²) < 4.78 is 10.7. The maximum Gasteiger partial charge on any atom is 0.186 e. The SMILES string of the molecule is CC/C=C/CCCCCCCCO[C@@H]1O[C@H](CO)[C@@H](O)[C@H](O)[C@H]1O. The van der Waals surface area contributed by atoms with Crippen LogP contribution in [0.4, 0.5) is 0 Å². The standard InChI is InChI=1S/C18H34O6/c1-2-3-4-5-6-7-8-9-10-11-12-23-18-17(22)16(21)15(20)14(13-19)24-18/h3-4,14-22H,2,5-13H2,1H3/b4-3+/t14-,15-,16+,17-,18-/m1/s1. The van der Waals surface area contributed by atoms with Crippen molar-refractivity contribution in [1.29, 1.82) is 0 Å². The summed E-state index contributed by atoms with van der Waals surface area (Å²) in [5.74, 6) is 0. The summed E-state index contributed by atoms with van der Waals surface area (Å²) in [7, 11) is 0. The van der Waals surface area contributed by atoms with E-state index in [2.05, 4.69) is 19.1 Å². The fourth-order valence-corrected chi connectivity index (χ4v) is 2.76. The van der Waals surface area contributed by atoms with Crippen molar-refractivity contribution >= 4 is 0 Å². The van der Waals surface area contributed by atoms with Gasteiger partial charge in [-0.05, 0) is 25.7 Å². The molecule has 1 aliphatic rings. The van der Waals surface area contributed by atoms with Crippen LogP contribution in [-0.4, -0.2) is 64.3 Å². The number of aliphatic hydroxyl groups excluding tert-OH is 4. The molecule has 0 amide bonds. The number of unbranched alkanes of at least 4 members (excludes halogenated alkanes) is 6. The Morgan fingerprint density at radius 3 is 2.21 bits per heavy atom. The van der Waals surface area contributed by atoms with Crippen molar-refractivity contribution in [1.82, 2.24) is 0 Å². The first kappa shape index (κ1) is 21.5. The van der Waals surface area contributed by atoms with Gasteiger partial charge in [-0.2, -0.15) is 0 Å². The number of rotatable bonds is 12. The van der Waals surface area contributed by atoms with E-state index in [1.807, 2.05) is 0 Å². The Kier molecular flexibility index (Phi) is 11.5. The zero-order valence-electron chi connectivity index (χ0n) is 14.7. The van der Waals surface area contributed by atoms with E-state index in [-0.39, 0.29) is 0 Å². The second-order valence-corrected chi connectivity index (χ2v) is 6.36. The van der Waals surface area contributed by atoms with Gasteiger partial charge >= 0.3 is 0 Å². The molecule has 0 aromatic heterocycles. The number of hydrogen-bond acceptors (Lipinski definition) is 6. The van der Waals surface area contributed by atoms with Crippen LogP contribution in [0, 0.1) is 0 Å². The van der Waals surface area contributed by atoms with Crippen LogP contribution in [0.25, 0.3) is 0 Å². The van der Waals surface area contributed by atoms with Gasteiger partial charge in [0.1, 0.15) is 24.4 Å². The number of hydrogen-bond donors (Lipinski definition) is 4. The molecule has 0 aromatic carbocycles. The van der Waals surface area contributed by atoms with Crippen LogP contribution in [0.3, 0.4) is 0 Å². The topological polar surface area (TPSA) is 99.4 Å². The molecule has 6 heteroatoms. The van der Waals surface area contributed by atoms with Gasteiger partial charge in [-0.25, -0.2) is 0 Å². The van der Waals surface area contributed by atoms with Crippen LogP contribution >= 0.6 is 0 Å². The van der Waals surface area contributed by atoms with Gasteiger partial charge < -0.3 is 29.9 Å². The third kappa shape index (κ3) is 7.59. The fraction of sp³-hybridized carbons (Fsp3) is 0.889. The van der Waals surface area contributed by atoms with Crippen molar-refractivity contribution in [3.63, 3.8) is 0 Å². The summed E-state index contributed by atoms with van der Waals surface area (Å²) >= 11 is 0. The first-order valence-electron chi connectivity index (χ1n) is 9.19. The molecule has 1 heterocycles. The second-order valence-electron chi connectivity index (χ2n) is 6.36. The predicted molar refractivity (Wildman–Crippen MR) is 91.5 cm³/mol. The van der Waals surface area contributed by atoms with E-state index in [9.17, 15) is 15.3 Å². The lowest BCUT2D eigenvalue weighted by Gasteiger charge is -2.39. The molecule has 0 saturated carbocycles. The van der Waals surface area contributed by atoms with Crippen LogP contribution in [0.1, 0.15) is 58.3 Å². The zero-order valence-corrected chi connectivity index (χ0v) is 14.7. The highest BCUT2D eigenvalue weighted by Gasteiger charge is 2.43. The maximum absolute atomic E-state index is 9.84. The van der Waals surface area contributed by atoms with Gasteiger partial charge in [0.15, 0.2) is 6.29 Å². The lowest BCUT2D eigenvalue weighted by molar-refractivity contribution is -0.301. The van der Waals surface area contributed by atoms with Gasteiger partial charge in [0.05, 0.1) is 6.61 Å². The summed E-state index contributed by atoms with van der Waals surface area (Å²) in [5.41, 5.74) is 0. The summed E-state index contributed by atoms with van der Waals surface area (Å²) in [5, 5.41) is 38.3. The Bertz CT molecular complexity index is 333. The molecule has 24 heavy (non-hydrogen) atoms. The molecule has 1 fully saturated rings. The molecule has 0 unspecified atom stereocenters. The molecule has 0 radical (unpaired) electrons. The summed E-state index contributed by atoms with van der Waals surface area (Å²) in [6, 6.07) is 0. The smallest absolute Gasteiger partial charge is 0.186 e. The molecule has 0 bridgehead atoms. The summed E-state index contributed by atoms with van der Waals surface area (Å²) in [4.78, 5) is 0. The van der Waals surface area contributed by atoms with Crippen LogP contribution < -0.4 is 0 Å². The predicted octanol–water partition coefficient (Wildman–Crippen LogP) is 1.50. The normalized spacial score (nSPS) is 31.0. The third-order valence-electron chi connectivity index (χ3n) is 4.30. The van der Waals surface area contributed by atoms with E-state index in [0.29, 0.717) is 6.61 Å². The van der Waals surface area contributed by atoms with Crippen LogP contribution in [0.15, 0.2) is 12.2 Å². The van der Waals surface area contributed by atoms with Gasteiger partial charge in [0.25, 0.3) is 0 Å². The van der Waals surface area contributed by atoms with E-state index >= 15 is 0 Å². The minimum absolute atomic E-state index is 0.419. The molecular formula is C18H34O6. The van der Waals surface area contributed by atoms with Crippen molar-refractivity contribution in [3.05, 3.63) is 12.2 Å². The lowest BCUT2D eigenvalue weighted by Crippen LogP contribution is -2.59. The number of allylic oxidation sites excluding steroid dienone is 2. The third-order valence-corrected chi connectivity index (χ3v) is 4.30. The van der Waals surface area contributed by atoms with E-state index in [1.165, 1.54) is 19.3 Å². The van der Waals surface area contributed by atoms with Gasteiger partial charge in [0, 0.05) is 6.61 Å². The van der Waals surface area contributed by atoms with Crippen LogP contribution in [0.5, 0.6) is 0 Å². The average Bonchev–Trinajstić information content (AvgIpc) is 2.59. The van der Waals surface area contributed by atoms with Gasteiger partial charge in [-0.1, -0.05) is 44.8 Å². The molecule has 142 valence electrons. The molecule has 0 spiro atoms. The Morgan fingerprint density at radius 1 is 0.875 bits per heavy atom. The highest BCUT2D eigenvalue weighted by molar-refractivity contribution is 4.88. The molecule has 1 aliphatic heterocycles. The van der Waals surface area contributed by atoms with Crippen molar-refractivity contribution in [3.8, 4) is 0 Å². The van der Waals surface area contributed by atoms with E-state index in [1.54, 1.807) is 0 Å². The lowest BCUT2D eigenvalue weighted by atomic mass is 9.99. The first-order chi connectivity index (χ1) is 11.6. The second kappa shape index (κ2) is 12.8. The Hall–Kier alpha value is -0.500. The van der Waals surface area contributed by atoms with Crippen molar-refractivity contribution < 1.29 is 29.9 Å². The summed E-state index contributed by atoms with van der Waals surface area (Å²) in [6.45, 7) is 2.13. The molecule has 0 aliphatic carbocycles. The molecule has 0 aromatic rings. The molecule has 4 N–H and O–H groups in total. The van der Waals surface area contributed by atoms with Gasteiger partial charge in [-0.3, -0.25) is 0 Å². The number of ether oxygens (including phenoxy) is 2. The highest BCUT2D eigenvalue weighted by atomic mass is 16.7. The minimum atomic E-state index is -1.37. The molecule has 5 atom stereocenters. The quantitative estimate of drug-likeness (QED) is 0.316. The van der Waals surface area contributed by atoms with Crippen molar-refractivity contribution in [2.24, 2.45) is 0 Å². The highest BCUT2D eigenvalue weighted by Crippen LogP contribution is 2.22. The summed E-state index contributed by atoms with van der Waals surface area (Å²) in [6.07, 6.45) is 7.51. The molecule has 6 nitrogen and oxygen atoms in total. The maximum atomic E-state index is 9.84.